The molecule has 1 fully saturated rings. The topological polar surface area (TPSA) is 50.8 Å². The van der Waals surface area contributed by atoms with Gasteiger partial charge in [-0.25, -0.2) is 0 Å². The quantitative estimate of drug-likeness (QED) is 0.628. The molecule has 0 unspecified atom stereocenters. The number of ether oxygens (including phenoxy) is 2. The van der Waals surface area contributed by atoms with Crippen molar-refractivity contribution in [1.29, 1.82) is 0 Å². The van der Waals surface area contributed by atoms with Gasteiger partial charge in [-0.15, -0.1) is 0 Å². The number of amides is 1. The second-order valence-corrected chi connectivity index (χ2v) is 8.30. The first-order chi connectivity index (χ1) is 14.6. The lowest BCUT2D eigenvalue weighted by Crippen LogP contribution is -2.35. The molecule has 1 saturated heterocycles. The standard InChI is InChI=1S/C24H31ClN2O3/c1-29-22-10-9-20(23(14-22)30-2)15-26-24(28)11-8-18-6-4-12-27(16-18)17-19-5-3-7-21(25)13-19/h3,5,7,9-10,13-14,18H,4,6,8,11-12,15-17H2,1-2H3,(H,26,28)/t18-/m0/s1. The molecule has 0 bridgehead atoms. The Labute approximate surface area is 184 Å². The molecule has 2 aromatic rings. The monoisotopic (exact) mass is 430 g/mol. The van der Waals surface area contributed by atoms with Gasteiger partial charge in [0, 0.05) is 42.7 Å². The summed E-state index contributed by atoms with van der Waals surface area (Å²) in [6.07, 6.45) is 3.83. The number of hydrogen-bond acceptors (Lipinski definition) is 4. The molecule has 0 saturated carbocycles. The highest BCUT2D eigenvalue weighted by atomic mass is 35.5. The molecular formula is C24H31ClN2O3. The highest BCUT2D eigenvalue weighted by Gasteiger charge is 2.21. The molecular weight excluding hydrogens is 400 g/mol. The molecule has 30 heavy (non-hydrogen) atoms. The van der Waals surface area contributed by atoms with Crippen LogP contribution in [0.25, 0.3) is 0 Å². The lowest BCUT2D eigenvalue weighted by atomic mass is 9.93. The molecule has 162 valence electrons. The van der Waals surface area contributed by atoms with E-state index in [2.05, 4.69) is 16.3 Å². The number of benzene rings is 2. The maximum atomic E-state index is 12.4. The third-order valence-corrected chi connectivity index (χ3v) is 5.88. The van der Waals surface area contributed by atoms with Crippen molar-refractivity contribution in [1.82, 2.24) is 10.2 Å². The summed E-state index contributed by atoms with van der Waals surface area (Å²) < 4.78 is 10.6. The van der Waals surface area contributed by atoms with Crippen LogP contribution in [0.4, 0.5) is 0 Å². The highest BCUT2D eigenvalue weighted by Crippen LogP contribution is 2.25. The van der Waals surface area contributed by atoms with Crippen molar-refractivity contribution in [3.63, 3.8) is 0 Å². The number of nitrogens with zero attached hydrogens (tertiary/aromatic N) is 1. The van der Waals surface area contributed by atoms with Gasteiger partial charge in [-0.1, -0.05) is 23.7 Å². The Balaban J connectivity index is 1.43. The van der Waals surface area contributed by atoms with Crippen LogP contribution in [0.2, 0.25) is 5.02 Å². The van der Waals surface area contributed by atoms with Crippen molar-refractivity contribution in [2.75, 3.05) is 27.3 Å². The van der Waals surface area contributed by atoms with Crippen LogP contribution in [0.1, 0.15) is 36.8 Å². The molecule has 0 aliphatic carbocycles. The number of nitrogens with one attached hydrogen (secondary N) is 1. The Morgan fingerprint density at radius 1 is 1.20 bits per heavy atom. The molecule has 1 atom stereocenters. The van der Waals surface area contributed by atoms with Crippen molar-refractivity contribution in [2.24, 2.45) is 5.92 Å². The summed E-state index contributed by atoms with van der Waals surface area (Å²) in [5.74, 6) is 2.10. The SMILES string of the molecule is COc1ccc(CNC(=O)CC[C@@H]2CCCN(Cc3cccc(Cl)c3)C2)c(OC)c1. The van der Waals surface area contributed by atoms with Crippen LogP contribution in [-0.2, 0) is 17.9 Å². The number of likely N-dealkylation sites (tertiary alicyclic amines) is 1. The zero-order valence-corrected chi connectivity index (χ0v) is 18.6. The van der Waals surface area contributed by atoms with Crippen LogP contribution < -0.4 is 14.8 Å². The van der Waals surface area contributed by atoms with Gasteiger partial charge < -0.3 is 14.8 Å². The van der Waals surface area contributed by atoms with E-state index in [1.165, 1.54) is 18.4 Å². The second-order valence-electron chi connectivity index (χ2n) is 7.87. The predicted octanol–water partition coefficient (Wildman–Crippen LogP) is 4.67. The Morgan fingerprint density at radius 2 is 2.07 bits per heavy atom. The van der Waals surface area contributed by atoms with Crippen LogP contribution in [0.15, 0.2) is 42.5 Å². The summed E-state index contributed by atoms with van der Waals surface area (Å²) in [7, 11) is 3.25. The van der Waals surface area contributed by atoms with Gasteiger partial charge in [-0.05, 0) is 61.6 Å². The summed E-state index contributed by atoms with van der Waals surface area (Å²) in [6, 6.07) is 13.7. The second kappa shape index (κ2) is 11.2. The third-order valence-electron chi connectivity index (χ3n) is 5.65. The van der Waals surface area contributed by atoms with Crippen LogP contribution >= 0.6 is 11.6 Å². The fraction of sp³-hybridized carbons (Fsp3) is 0.458. The van der Waals surface area contributed by atoms with Crippen LogP contribution in [0.3, 0.4) is 0 Å². The Bertz CT molecular complexity index is 843. The molecule has 0 radical (unpaired) electrons. The summed E-state index contributed by atoms with van der Waals surface area (Å²) in [4.78, 5) is 14.9. The van der Waals surface area contributed by atoms with E-state index in [9.17, 15) is 4.79 Å². The number of hydrogen-bond donors (Lipinski definition) is 1. The zero-order valence-electron chi connectivity index (χ0n) is 17.8. The van der Waals surface area contributed by atoms with Gasteiger partial charge in [-0.2, -0.15) is 0 Å². The molecule has 1 N–H and O–H groups in total. The average molecular weight is 431 g/mol. The molecule has 1 heterocycles. The Kier molecular flexibility index (Phi) is 8.40. The summed E-state index contributed by atoms with van der Waals surface area (Å²) in [5, 5.41) is 3.80. The lowest BCUT2D eigenvalue weighted by Gasteiger charge is -2.32. The molecule has 6 heteroatoms. The van der Waals surface area contributed by atoms with Gasteiger partial charge >= 0.3 is 0 Å². The summed E-state index contributed by atoms with van der Waals surface area (Å²) >= 11 is 6.11. The van der Waals surface area contributed by atoms with Gasteiger partial charge in [0.05, 0.1) is 14.2 Å². The summed E-state index contributed by atoms with van der Waals surface area (Å²) in [6.45, 7) is 3.51. The number of methoxy groups -OCH3 is 2. The largest absolute Gasteiger partial charge is 0.497 e. The fourth-order valence-corrected chi connectivity index (χ4v) is 4.25. The molecule has 0 aromatic heterocycles. The number of carbonyl (C=O) groups is 1. The van der Waals surface area contributed by atoms with E-state index in [1.807, 2.05) is 36.4 Å². The minimum atomic E-state index is 0.0832. The minimum Gasteiger partial charge on any atom is -0.497 e. The van der Waals surface area contributed by atoms with Gasteiger partial charge in [0.15, 0.2) is 0 Å². The Hall–Kier alpha value is -2.24. The molecule has 0 spiro atoms. The van der Waals surface area contributed by atoms with Gasteiger partial charge in [0.25, 0.3) is 0 Å². The number of piperidine rings is 1. The third kappa shape index (κ3) is 6.64. The van der Waals surface area contributed by atoms with Crippen molar-refractivity contribution >= 4 is 17.5 Å². The first-order valence-corrected chi connectivity index (χ1v) is 10.9. The van der Waals surface area contributed by atoms with E-state index >= 15 is 0 Å². The maximum absolute atomic E-state index is 12.4. The number of rotatable bonds is 9. The molecule has 3 rings (SSSR count). The van der Waals surface area contributed by atoms with E-state index in [0.29, 0.717) is 18.9 Å². The molecule has 5 nitrogen and oxygen atoms in total. The van der Waals surface area contributed by atoms with Crippen molar-refractivity contribution < 1.29 is 14.3 Å². The average Bonchev–Trinajstić information content (AvgIpc) is 2.76. The smallest absolute Gasteiger partial charge is 0.220 e. The molecule has 1 aliphatic heterocycles. The van der Waals surface area contributed by atoms with Crippen LogP contribution in [0.5, 0.6) is 11.5 Å². The van der Waals surface area contributed by atoms with Crippen molar-refractivity contribution in [2.45, 2.75) is 38.8 Å². The maximum Gasteiger partial charge on any atom is 0.220 e. The zero-order chi connectivity index (χ0) is 21.3. The molecule has 1 aliphatic rings. The van der Waals surface area contributed by atoms with Crippen LogP contribution in [-0.4, -0.2) is 38.1 Å². The van der Waals surface area contributed by atoms with Gasteiger partial charge in [0.2, 0.25) is 5.91 Å². The molecule has 1 amide bonds. The van der Waals surface area contributed by atoms with Crippen molar-refractivity contribution in [3.05, 3.63) is 58.6 Å². The number of halogens is 1. The van der Waals surface area contributed by atoms with E-state index in [1.54, 1.807) is 14.2 Å². The van der Waals surface area contributed by atoms with Gasteiger partial charge in [-0.3, -0.25) is 9.69 Å². The lowest BCUT2D eigenvalue weighted by molar-refractivity contribution is -0.121. The number of carbonyl (C=O) groups excluding carboxylic acids is 1. The predicted molar refractivity (Wildman–Crippen MR) is 120 cm³/mol. The summed E-state index contributed by atoms with van der Waals surface area (Å²) in [5.41, 5.74) is 2.19. The van der Waals surface area contributed by atoms with Crippen LogP contribution in [0, 0.1) is 5.92 Å². The highest BCUT2D eigenvalue weighted by molar-refractivity contribution is 6.30. The van der Waals surface area contributed by atoms with Crippen molar-refractivity contribution in [3.8, 4) is 11.5 Å². The minimum absolute atomic E-state index is 0.0832. The normalized spacial score (nSPS) is 16.8. The van der Waals surface area contributed by atoms with E-state index in [0.717, 1.165) is 48.1 Å². The van der Waals surface area contributed by atoms with E-state index < -0.39 is 0 Å². The van der Waals surface area contributed by atoms with E-state index in [4.69, 9.17) is 21.1 Å². The van der Waals surface area contributed by atoms with E-state index in [-0.39, 0.29) is 5.91 Å². The van der Waals surface area contributed by atoms with Gasteiger partial charge in [0.1, 0.15) is 11.5 Å². The molecule has 2 aromatic carbocycles. The first-order valence-electron chi connectivity index (χ1n) is 10.5. The fourth-order valence-electron chi connectivity index (χ4n) is 4.04. The first kappa shape index (κ1) is 22.4. The Morgan fingerprint density at radius 3 is 2.83 bits per heavy atom.